The van der Waals surface area contributed by atoms with Crippen molar-refractivity contribution >= 4 is 27.2 Å². The fraction of sp³-hybridized carbons (Fsp3) is 0.379. The number of anilines is 1. The summed E-state index contributed by atoms with van der Waals surface area (Å²) in [6.45, 7) is 13.0. The Kier molecular flexibility index (Phi) is 6.52. The lowest BCUT2D eigenvalue weighted by molar-refractivity contribution is -0.115. The number of allylic oxidation sites excluding steroid dienone is 2. The van der Waals surface area contributed by atoms with Gasteiger partial charge in [0.1, 0.15) is 17.2 Å². The number of hydrogen-bond acceptors (Lipinski definition) is 9. The van der Waals surface area contributed by atoms with E-state index in [9.17, 15) is 28.5 Å². The third-order valence-corrected chi connectivity index (χ3v) is 10.3. The number of likely N-dealkylation sites (N-methyl/N-ethyl adjacent to an activating group) is 1. The number of nitrogens with one attached hydrogen (secondary N) is 1. The third kappa shape index (κ3) is 3.96. The van der Waals surface area contributed by atoms with Gasteiger partial charge >= 0.3 is 0 Å². The predicted molar refractivity (Wildman–Crippen MR) is 152 cm³/mol. The number of aryl methyl sites for hydroxylation is 2. The number of fused-ring (bicyclic) bond motifs is 3. The molecule has 0 fully saturated rings. The largest absolute Gasteiger partial charge is 0.510 e. The number of rotatable bonds is 5. The monoisotopic (exact) mass is 582 g/mol. The summed E-state index contributed by atoms with van der Waals surface area (Å²) in [5.74, 6) is -2.51. The summed E-state index contributed by atoms with van der Waals surface area (Å²) in [7, 11) is -0.620. The summed E-state index contributed by atoms with van der Waals surface area (Å²) in [6.07, 6.45) is 0.809. The normalized spacial score (nSPS) is 26.2. The second kappa shape index (κ2) is 9.33. The number of aliphatic hydroxyl groups excluding tert-OH is 2. The van der Waals surface area contributed by atoms with E-state index < -0.39 is 39.3 Å². The molecular formula is C29H34N4O7S. The molecule has 11 nitrogen and oxygen atoms in total. The van der Waals surface area contributed by atoms with E-state index in [4.69, 9.17) is 10.3 Å². The molecule has 0 unspecified atom stereocenters. The molecular weight excluding hydrogens is 548 g/mol. The van der Waals surface area contributed by atoms with Gasteiger partial charge in [-0.2, -0.15) is 0 Å². The zero-order chi connectivity index (χ0) is 30.3. The summed E-state index contributed by atoms with van der Waals surface area (Å²) >= 11 is 0. The van der Waals surface area contributed by atoms with Gasteiger partial charge in [0.05, 0.1) is 17.3 Å². The zero-order valence-electron chi connectivity index (χ0n) is 23.6. The van der Waals surface area contributed by atoms with E-state index in [1.165, 1.54) is 6.92 Å². The molecule has 1 aromatic carbocycles. The molecule has 3 aliphatic carbocycles. The summed E-state index contributed by atoms with van der Waals surface area (Å²) < 4.78 is 34.1. The fourth-order valence-electron chi connectivity index (χ4n) is 6.95. The minimum absolute atomic E-state index is 0.0396. The maximum Gasteiger partial charge on any atom is 0.267 e. The summed E-state index contributed by atoms with van der Waals surface area (Å²) in [5, 5.41) is 38.6. The van der Waals surface area contributed by atoms with Gasteiger partial charge in [-0.25, -0.2) is 8.42 Å². The van der Waals surface area contributed by atoms with Crippen LogP contribution in [0.5, 0.6) is 0 Å². The van der Waals surface area contributed by atoms with Crippen LogP contribution in [0.4, 0.5) is 5.69 Å². The summed E-state index contributed by atoms with van der Waals surface area (Å²) in [6, 6.07) is 2.69. The SMILES string of the molecule is C=C1C2=C(O)[C@]3(O)C(=C)C(C(N)=O)=C(O)[C@@H](N(C)C)[C@@H]3C[C@@H]2Cc2ccc(NS(=O)(=O)c3c(C)noc3C)c(C)c21. The number of nitrogens with two attached hydrogens (primary N) is 1. The van der Waals surface area contributed by atoms with E-state index in [1.54, 1.807) is 38.9 Å². The van der Waals surface area contributed by atoms with Crippen molar-refractivity contribution in [2.75, 3.05) is 18.8 Å². The van der Waals surface area contributed by atoms with E-state index >= 15 is 0 Å². The minimum Gasteiger partial charge on any atom is -0.510 e. The highest BCUT2D eigenvalue weighted by atomic mass is 32.2. The van der Waals surface area contributed by atoms with Gasteiger partial charge in [0.2, 0.25) is 0 Å². The lowest BCUT2D eigenvalue weighted by atomic mass is 9.57. The smallest absolute Gasteiger partial charge is 0.267 e. The molecule has 5 rings (SSSR count). The van der Waals surface area contributed by atoms with Crippen molar-refractivity contribution in [1.82, 2.24) is 10.1 Å². The lowest BCUT2D eigenvalue weighted by Gasteiger charge is -2.52. The maximum atomic E-state index is 13.2. The van der Waals surface area contributed by atoms with Crippen molar-refractivity contribution in [3.05, 3.63) is 81.7 Å². The quantitative estimate of drug-likeness (QED) is 0.354. The van der Waals surface area contributed by atoms with Crippen LogP contribution in [-0.2, 0) is 21.2 Å². The second-order valence-electron chi connectivity index (χ2n) is 11.3. The van der Waals surface area contributed by atoms with Crippen LogP contribution in [0, 0.1) is 32.6 Å². The Morgan fingerprint density at radius 1 is 1.22 bits per heavy atom. The second-order valence-corrected chi connectivity index (χ2v) is 12.9. The standard InChI is InChI=1S/C29H34N4O7S/c1-12-20(32-41(38,39)26-15(4)31-40-16(26)5)9-8-17-10-18-11-19-24(33(6)7)25(34)23(28(30)36)14(3)29(19,37)27(35)22(18)13(2)21(12)17/h8-9,18-19,24,32,34-35,37H,2-3,10-11H2,1,4-7H3,(H2,30,36)/t18-,19-,24-,29-/m0/s1. The maximum absolute atomic E-state index is 13.2. The molecule has 1 heterocycles. The predicted octanol–water partition coefficient (Wildman–Crippen LogP) is 2.95. The van der Waals surface area contributed by atoms with Crippen LogP contribution in [0.2, 0.25) is 0 Å². The Bertz CT molecular complexity index is 1700. The van der Waals surface area contributed by atoms with Crippen molar-refractivity contribution in [1.29, 1.82) is 0 Å². The van der Waals surface area contributed by atoms with Gasteiger partial charge in [-0.15, -0.1) is 0 Å². The van der Waals surface area contributed by atoms with Crippen LogP contribution in [0.25, 0.3) is 5.57 Å². The Hall–Kier alpha value is -3.87. The van der Waals surface area contributed by atoms with E-state index in [-0.39, 0.29) is 39.2 Å². The van der Waals surface area contributed by atoms with Crippen molar-refractivity contribution in [3.8, 4) is 0 Å². The van der Waals surface area contributed by atoms with Crippen LogP contribution in [0.15, 0.2) is 62.9 Å². The third-order valence-electron chi connectivity index (χ3n) is 8.71. The number of aliphatic hydroxyl groups is 3. The van der Waals surface area contributed by atoms with Crippen molar-refractivity contribution in [3.63, 3.8) is 0 Å². The molecule has 0 bridgehead atoms. The molecule has 0 saturated carbocycles. The first-order chi connectivity index (χ1) is 19.0. The number of benzene rings is 1. The van der Waals surface area contributed by atoms with Crippen LogP contribution < -0.4 is 10.5 Å². The van der Waals surface area contributed by atoms with Crippen molar-refractivity contribution in [2.24, 2.45) is 17.6 Å². The molecule has 4 atom stereocenters. The first-order valence-corrected chi connectivity index (χ1v) is 14.5. The highest BCUT2D eigenvalue weighted by Crippen LogP contribution is 2.56. The van der Waals surface area contributed by atoms with E-state index in [0.29, 0.717) is 40.8 Å². The molecule has 6 N–H and O–H groups in total. The van der Waals surface area contributed by atoms with Gasteiger partial charge in [-0.3, -0.25) is 14.4 Å². The Morgan fingerprint density at radius 2 is 1.88 bits per heavy atom. The zero-order valence-corrected chi connectivity index (χ0v) is 24.4. The molecule has 1 aromatic heterocycles. The highest BCUT2D eigenvalue weighted by Gasteiger charge is 2.59. The summed E-state index contributed by atoms with van der Waals surface area (Å²) in [5.41, 5.74) is 6.48. The fourth-order valence-corrected chi connectivity index (χ4v) is 8.41. The Labute approximate surface area is 238 Å². The van der Waals surface area contributed by atoms with Gasteiger partial charge in [-0.1, -0.05) is 24.4 Å². The topological polar surface area (TPSA) is 179 Å². The first-order valence-electron chi connectivity index (χ1n) is 13.1. The number of primary amides is 1. The number of hydrogen-bond donors (Lipinski definition) is 5. The van der Waals surface area contributed by atoms with Gasteiger partial charge in [-0.05, 0) is 82.0 Å². The molecule has 0 aliphatic heterocycles. The average molecular weight is 583 g/mol. The van der Waals surface area contributed by atoms with Gasteiger partial charge in [0.25, 0.3) is 15.9 Å². The van der Waals surface area contributed by atoms with E-state index in [1.807, 2.05) is 6.07 Å². The van der Waals surface area contributed by atoms with E-state index in [0.717, 1.165) is 5.56 Å². The molecule has 0 spiro atoms. The molecule has 2 aromatic rings. The Morgan fingerprint density at radius 3 is 2.44 bits per heavy atom. The average Bonchev–Trinajstić information content (AvgIpc) is 3.21. The molecule has 0 radical (unpaired) electrons. The van der Waals surface area contributed by atoms with Crippen molar-refractivity contribution < 1.29 is 33.1 Å². The van der Waals surface area contributed by atoms with Crippen LogP contribution >= 0.6 is 0 Å². The number of nitrogens with zero attached hydrogens (tertiary/aromatic N) is 2. The molecule has 12 heteroatoms. The van der Waals surface area contributed by atoms with Gasteiger partial charge in [0.15, 0.2) is 16.3 Å². The summed E-state index contributed by atoms with van der Waals surface area (Å²) in [4.78, 5) is 14.0. The number of amides is 1. The molecule has 218 valence electrons. The first kappa shape index (κ1) is 28.7. The van der Waals surface area contributed by atoms with Crippen LogP contribution in [0.1, 0.15) is 34.6 Å². The lowest BCUT2D eigenvalue weighted by Crippen LogP contribution is -2.59. The van der Waals surface area contributed by atoms with Gasteiger partial charge < -0.3 is 25.6 Å². The van der Waals surface area contributed by atoms with Crippen LogP contribution in [-0.4, -0.2) is 65.4 Å². The van der Waals surface area contributed by atoms with Gasteiger partial charge in [0, 0.05) is 17.1 Å². The molecule has 0 saturated heterocycles. The number of carbonyl (C=O) groups is 1. The van der Waals surface area contributed by atoms with Crippen LogP contribution in [0.3, 0.4) is 0 Å². The molecule has 3 aliphatic rings. The van der Waals surface area contributed by atoms with Crippen molar-refractivity contribution in [2.45, 2.75) is 50.2 Å². The number of aromatic nitrogens is 1. The molecule has 1 amide bonds. The number of carbonyl (C=O) groups excluding carboxylic acids is 1. The highest BCUT2D eigenvalue weighted by molar-refractivity contribution is 7.92. The molecule has 41 heavy (non-hydrogen) atoms. The van der Waals surface area contributed by atoms with E-state index in [2.05, 4.69) is 23.0 Å². The number of sulfonamides is 1. The Balaban J connectivity index is 1.63. The minimum atomic E-state index is -4.02.